The summed E-state index contributed by atoms with van der Waals surface area (Å²) in [7, 11) is -3.26. The molecule has 2 aromatic carbocycles. The van der Waals surface area contributed by atoms with Crippen LogP contribution < -0.4 is 9.62 Å². The number of hydrogen-bond donors (Lipinski definition) is 1. The van der Waals surface area contributed by atoms with Gasteiger partial charge in [0.15, 0.2) is 0 Å². The average Bonchev–Trinajstić information content (AvgIpc) is 3.36. The maximum Gasteiger partial charge on any atom is 0.251 e. The third-order valence-electron chi connectivity index (χ3n) is 5.81. The fourth-order valence-corrected chi connectivity index (χ4v) is 5.94. The van der Waals surface area contributed by atoms with Crippen LogP contribution in [0.4, 0.5) is 5.69 Å². The second kappa shape index (κ2) is 7.95. The van der Waals surface area contributed by atoms with Gasteiger partial charge < -0.3 is 5.32 Å². The lowest BCUT2D eigenvalue weighted by atomic mass is 9.91. The Hall–Kier alpha value is -2.34. The van der Waals surface area contributed by atoms with Crippen molar-refractivity contribution in [3.8, 4) is 0 Å². The molecule has 4 rings (SSSR count). The third-order valence-corrected chi connectivity index (χ3v) is 7.68. The molecular formula is C22H26N2O3S. The monoisotopic (exact) mass is 398 g/mol. The summed E-state index contributed by atoms with van der Waals surface area (Å²) in [5.41, 5.74) is 2.20. The smallest absolute Gasteiger partial charge is 0.251 e. The molecule has 2 fully saturated rings. The average molecular weight is 399 g/mol. The molecule has 148 valence electrons. The molecule has 2 aliphatic rings. The van der Waals surface area contributed by atoms with Crippen molar-refractivity contribution in [1.29, 1.82) is 0 Å². The first-order chi connectivity index (χ1) is 13.5. The Morgan fingerprint density at radius 1 is 1.00 bits per heavy atom. The standard InChI is InChI=1S/C22H26N2O3S/c25-22(19-12-6-13-20(16-19)24-14-7-15-28(24,26)27)23-21(18-10-4-5-11-18)17-8-2-1-3-9-17/h1-3,6,8-9,12-13,16,18,21H,4-5,7,10-11,14-15H2,(H,23,25). The second-order valence-electron chi connectivity index (χ2n) is 7.70. The van der Waals surface area contributed by atoms with E-state index in [2.05, 4.69) is 17.4 Å². The number of rotatable bonds is 5. The van der Waals surface area contributed by atoms with Gasteiger partial charge in [-0.15, -0.1) is 0 Å². The van der Waals surface area contributed by atoms with Crippen molar-refractivity contribution in [2.24, 2.45) is 5.92 Å². The highest BCUT2D eigenvalue weighted by molar-refractivity contribution is 7.93. The van der Waals surface area contributed by atoms with Crippen LogP contribution in [0.1, 0.15) is 54.1 Å². The highest BCUT2D eigenvalue weighted by Crippen LogP contribution is 2.36. The lowest BCUT2D eigenvalue weighted by Crippen LogP contribution is -2.33. The van der Waals surface area contributed by atoms with Crippen LogP contribution in [0, 0.1) is 5.92 Å². The molecule has 1 amide bonds. The molecule has 1 aliphatic carbocycles. The molecule has 1 unspecified atom stereocenters. The summed E-state index contributed by atoms with van der Waals surface area (Å²) in [6.45, 7) is 0.474. The zero-order chi connectivity index (χ0) is 19.6. The fourth-order valence-electron chi connectivity index (χ4n) is 4.38. The van der Waals surface area contributed by atoms with Crippen molar-refractivity contribution in [2.45, 2.75) is 38.1 Å². The van der Waals surface area contributed by atoms with Gasteiger partial charge in [0.1, 0.15) is 0 Å². The van der Waals surface area contributed by atoms with E-state index in [9.17, 15) is 13.2 Å². The Bertz CT molecular complexity index is 937. The van der Waals surface area contributed by atoms with Gasteiger partial charge in [-0.3, -0.25) is 9.10 Å². The Kier molecular flexibility index (Phi) is 5.40. The lowest BCUT2D eigenvalue weighted by Gasteiger charge is -2.25. The lowest BCUT2D eigenvalue weighted by molar-refractivity contribution is 0.0921. The molecule has 2 aromatic rings. The summed E-state index contributed by atoms with van der Waals surface area (Å²) in [4.78, 5) is 13.0. The first-order valence-corrected chi connectivity index (χ1v) is 11.6. The van der Waals surface area contributed by atoms with Crippen molar-refractivity contribution in [3.05, 3.63) is 65.7 Å². The van der Waals surface area contributed by atoms with Gasteiger partial charge in [0, 0.05) is 12.1 Å². The number of benzene rings is 2. The molecule has 0 radical (unpaired) electrons. The number of nitrogens with one attached hydrogen (secondary N) is 1. The van der Waals surface area contributed by atoms with Crippen LogP contribution in [0.15, 0.2) is 54.6 Å². The Balaban J connectivity index is 1.57. The molecule has 1 heterocycles. The van der Waals surface area contributed by atoms with Crippen LogP contribution in [-0.2, 0) is 10.0 Å². The van der Waals surface area contributed by atoms with Crippen molar-refractivity contribution < 1.29 is 13.2 Å². The van der Waals surface area contributed by atoms with E-state index in [4.69, 9.17) is 0 Å². The minimum absolute atomic E-state index is 0.0182. The summed E-state index contributed by atoms with van der Waals surface area (Å²) in [5, 5.41) is 3.22. The van der Waals surface area contributed by atoms with Crippen LogP contribution in [0.3, 0.4) is 0 Å². The molecule has 5 nitrogen and oxygen atoms in total. The predicted molar refractivity (Wildman–Crippen MR) is 111 cm³/mol. The van der Waals surface area contributed by atoms with E-state index in [-0.39, 0.29) is 17.7 Å². The molecule has 0 bridgehead atoms. The number of anilines is 1. The Labute approximate surface area is 166 Å². The van der Waals surface area contributed by atoms with Crippen LogP contribution in [0.25, 0.3) is 0 Å². The van der Waals surface area contributed by atoms with Crippen molar-refractivity contribution >= 4 is 21.6 Å². The number of carbonyl (C=O) groups excluding carboxylic acids is 1. The first-order valence-electron chi connectivity index (χ1n) is 10.0. The summed E-state index contributed by atoms with van der Waals surface area (Å²) in [5.74, 6) is 0.453. The largest absolute Gasteiger partial charge is 0.345 e. The number of sulfonamides is 1. The van der Waals surface area contributed by atoms with E-state index in [1.54, 1.807) is 24.3 Å². The molecule has 6 heteroatoms. The molecule has 1 aliphatic heterocycles. The topological polar surface area (TPSA) is 66.5 Å². The SMILES string of the molecule is O=C(NC(c1ccccc1)C1CCCC1)c1cccc(N2CCCS2(=O)=O)c1. The van der Waals surface area contributed by atoms with E-state index in [1.807, 2.05) is 18.2 Å². The predicted octanol–water partition coefficient (Wildman–Crippen LogP) is 3.89. The highest BCUT2D eigenvalue weighted by atomic mass is 32.2. The normalized spacial score (nSPS) is 20.2. The molecule has 0 spiro atoms. The van der Waals surface area contributed by atoms with Crippen LogP contribution in [-0.4, -0.2) is 26.6 Å². The molecule has 1 saturated heterocycles. The van der Waals surface area contributed by atoms with Gasteiger partial charge in [-0.1, -0.05) is 49.2 Å². The van der Waals surface area contributed by atoms with E-state index in [0.29, 0.717) is 30.1 Å². The maximum atomic E-state index is 13.0. The van der Waals surface area contributed by atoms with E-state index >= 15 is 0 Å². The minimum Gasteiger partial charge on any atom is -0.345 e. The number of amides is 1. The van der Waals surface area contributed by atoms with E-state index in [1.165, 1.54) is 17.1 Å². The molecule has 0 aromatic heterocycles. The fraction of sp³-hybridized carbons (Fsp3) is 0.409. The van der Waals surface area contributed by atoms with Gasteiger partial charge in [-0.05, 0) is 48.9 Å². The van der Waals surface area contributed by atoms with Gasteiger partial charge >= 0.3 is 0 Å². The van der Waals surface area contributed by atoms with Crippen molar-refractivity contribution in [1.82, 2.24) is 5.32 Å². The van der Waals surface area contributed by atoms with Gasteiger partial charge in [0.05, 0.1) is 17.5 Å². The molecule has 1 saturated carbocycles. The molecular weight excluding hydrogens is 372 g/mol. The third kappa shape index (κ3) is 3.92. The number of nitrogens with zero attached hydrogens (tertiary/aromatic N) is 1. The quantitative estimate of drug-likeness (QED) is 0.831. The second-order valence-corrected chi connectivity index (χ2v) is 9.71. The molecule has 1 atom stereocenters. The van der Waals surface area contributed by atoms with Crippen molar-refractivity contribution in [2.75, 3.05) is 16.6 Å². The summed E-state index contributed by atoms with van der Waals surface area (Å²) in [6, 6.07) is 17.0. The van der Waals surface area contributed by atoms with Gasteiger partial charge in [0.2, 0.25) is 10.0 Å². The first kappa shape index (κ1) is 19.0. The summed E-state index contributed by atoms with van der Waals surface area (Å²) in [6.07, 6.45) is 5.26. The molecule has 28 heavy (non-hydrogen) atoms. The highest BCUT2D eigenvalue weighted by Gasteiger charge is 2.30. The summed E-state index contributed by atoms with van der Waals surface area (Å²) >= 11 is 0. The zero-order valence-electron chi connectivity index (χ0n) is 15.9. The minimum atomic E-state index is -3.26. The van der Waals surface area contributed by atoms with Gasteiger partial charge in [0.25, 0.3) is 5.91 Å². The van der Waals surface area contributed by atoms with Crippen molar-refractivity contribution in [3.63, 3.8) is 0 Å². The Morgan fingerprint density at radius 3 is 2.43 bits per heavy atom. The van der Waals surface area contributed by atoms with E-state index in [0.717, 1.165) is 18.4 Å². The summed E-state index contributed by atoms with van der Waals surface area (Å²) < 4.78 is 25.8. The van der Waals surface area contributed by atoms with Crippen LogP contribution in [0.5, 0.6) is 0 Å². The molecule has 1 N–H and O–H groups in total. The van der Waals surface area contributed by atoms with Gasteiger partial charge in [-0.2, -0.15) is 0 Å². The zero-order valence-corrected chi connectivity index (χ0v) is 16.7. The van der Waals surface area contributed by atoms with Gasteiger partial charge in [-0.25, -0.2) is 8.42 Å². The number of hydrogen-bond acceptors (Lipinski definition) is 3. The van der Waals surface area contributed by atoms with Crippen LogP contribution >= 0.6 is 0 Å². The maximum absolute atomic E-state index is 13.0. The van der Waals surface area contributed by atoms with Crippen LogP contribution in [0.2, 0.25) is 0 Å². The Morgan fingerprint density at radius 2 is 1.75 bits per heavy atom. The number of carbonyl (C=O) groups is 1. The van der Waals surface area contributed by atoms with E-state index < -0.39 is 10.0 Å².